The van der Waals surface area contributed by atoms with Gasteiger partial charge in [-0.2, -0.15) is 0 Å². The highest BCUT2D eigenvalue weighted by molar-refractivity contribution is 7.81. The summed E-state index contributed by atoms with van der Waals surface area (Å²) in [4.78, 5) is 0. The summed E-state index contributed by atoms with van der Waals surface area (Å²) >= 11 is 0. The molecule has 4 aromatic rings. The van der Waals surface area contributed by atoms with Crippen LogP contribution in [-0.4, -0.2) is 5.11 Å². The van der Waals surface area contributed by atoms with Gasteiger partial charge in [-0.3, -0.25) is 0 Å². The molecule has 4 rings (SSSR count). The number of aryl methyl sites for hydroxylation is 1. The molecule has 0 saturated heterocycles. The Kier molecular flexibility index (Phi) is 7.64. The van der Waals surface area contributed by atoms with E-state index < -0.39 is 7.92 Å². The predicted octanol–water partition coefficient (Wildman–Crippen LogP) is 6.48. The molecule has 3 heteroatoms. The van der Waals surface area contributed by atoms with Gasteiger partial charge >= 0.3 is 0 Å². The van der Waals surface area contributed by atoms with Crippen LogP contribution in [0.25, 0.3) is 0 Å². The van der Waals surface area contributed by atoms with Crippen molar-refractivity contribution >= 4 is 37.7 Å². The smallest absolute Gasteiger partial charge is 0.119 e. The number of phenolic OH excluding ortho intramolecular Hbond substituents is 1. The molecule has 0 aromatic heterocycles. The largest absolute Gasteiger partial charge is 0.508 e. The van der Waals surface area contributed by atoms with E-state index in [1.54, 1.807) is 0 Å². The first kappa shape index (κ1) is 23.7. The van der Waals surface area contributed by atoms with Crippen molar-refractivity contribution in [2.45, 2.75) is 38.8 Å². The van der Waals surface area contributed by atoms with Crippen LogP contribution in [0.15, 0.2) is 103 Å². The van der Waals surface area contributed by atoms with E-state index in [0.29, 0.717) is 14.3 Å². The van der Waals surface area contributed by atoms with Crippen LogP contribution in [0.2, 0.25) is 0 Å². The molecule has 0 saturated carbocycles. The maximum absolute atomic E-state index is 10.8. The van der Waals surface area contributed by atoms with Gasteiger partial charge in [0.1, 0.15) is 5.75 Å². The maximum atomic E-state index is 10.8. The topological polar surface area (TPSA) is 20.2 Å². The minimum Gasteiger partial charge on any atom is -0.508 e. The quantitative estimate of drug-likeness (QED) is 0.292. The minimum absolute atomic E-state index is 0.0828. The van der Waals surface area contributed by atoms with Crippen molar-refractivity contribution in [3.05, 3.63) is 114 Å². The Bertz CT molecular complexity index is 1140. The Balaban J connectivity index is 1.90. The molecule has 1 atom stereocenters. The lowest BCUT2D eigenvalue weighted by Gasteiger charge is -2.35. The van der Waals surface area contributed by atoms with Crippen LogP contribution in [0.5, 0.6) is 5.75 Å². The van der Waals surface area contributed by atoms with Crippen molar-refractivity contribution in [2.75, 3.05) is 0 Å². The average Bonchev–Trinajstić information content (AvgIpc) is 2.86. The maximum Gasteiger partial charge on any atom is 0.119 e. The molecule has 1 N–H and O–H groups in total. The first-order valence-electron chi connectivity index (χ1n) is 11.7. The molecule has 0 aliphatic rings. The van der Waals surface area contributed by atoms with E-state index in [1.165, 1.54) is 26.8 Å². The van der Waals surface area contributed by atoms with Gasteiger partial charge in [0, 0.05) is 10.7 Å². The van der Waals surface area contributed by atoms with Crippen LogP contribution >= 0.6 is 16.5 Å². The fourth-order valence-electron chi connectivity index (χ4n) is 4.58. The second-order valence-corrected chi connectivity index (χ2v) is 12.3. The molecule has 0 bridgehead atoms. The number of rotatable bonds is 8. The van der Waals surface area contributed by atoms with Gasteiger partial charge in [-0.05, 0) is 60.5 Å². The van der Waals surface area contributed by atoms with Crippen molar-refractivity contribution in [1.82, 2.24) is 0 Å². The van der Waals surface area contributed by atoms with Gasteiger partial charge in [0.05, 0.1) is 0 Å². The molecule has 4 aromatic carbocycles. The number of hydrogen-bond donors (Lipinski definition) is 1. The molecule has 0 fully saturated rings. The summed E-state index contributed by atoms with van der Waals surface area (Å²) in [7, 11) is -0.102. The van der Waals surface area contributed by atoms with Gasteiger partial charge in [-0.25, -0.2) is 0 Å². The molecular weight excluding hydrogens is 438 g/mol. The Morgan fingerprint density at radius 3 is 1.79 bits per heavy atom. The molecule has 0 radical (unpaired) electrons. The highest BCUT2D eigenvalue weighted by atomic mass is 31.1. The Hall–Kier alpha value is -2.46. The molecule has 1 nitrogen and oxygen atoms in total. The fraction of sp³-hybridized carbons (Fsp3) is 0.200. The standard InChI is InChI=1S/C30H32OP2/c1-4-30(5-2,26-20-12-13-21-27(26)31)32-29-23(3)15-14-22-28(29)33(24-16-8-6-9-17-24)25-18-10-7-11-19-25/h6-22,31-32H,4-5H2,1-3H3. The van der Waals surface area contributed by atoms with Crippen LogP contribution < -0.4 is 21.2 Å². The van der Waals surface area contributed by atoms with Gasteiger partial charge in [0.25, 0.3) is 0 Å². The van der Waals surface area contributed by atoms with Crippen molar-refractivity contribution in [1.29, 1.82) is 0 Å². The second kappa shape index (κ2) is 10.6. The van der Waals surface area contributed by atoms with Gasteiger partial charge in [-0.15, -0.1) is 0 Å². The zero-order valence-electron chi connectivity index (χ0n) is 19.6. The lowest BCUT2D eigenvalue weighted by atomic mass is 9.92. The summed E-state index contributed by atoms with van der Waals surface area (Å²) in [6.45, 7) is 6.77. The zero-order chi connectivity index (χ0) is 23.3. The van der Waals surface area contributed by atoms with E-state index in [0.717, 1.165) is 18.4 Å². The van der Waals surface area contributed by atoms with Crippen molar-refractivity contribution < 1.29 is 5.11 Å². The van der Waals surface area contributed by atoms with Gasteiger partial charge in [0.15, 0.2) is 0 Å². The number of phenols is 1. The molecule has 33 heavy (non-hydrogen) atoms. The molecule has 0 heterocycles. The third-order valence-electron chi connectivity index (χ3n) is 6.51. The third-order valence-corrected chi connectivity index (χ3v) is 11.6. The molecular formula is C30H32OP2. The summed E-state index contributed by atoms with van der Waals surface area (Å²) in [5.41, 5.74) is 2.41. The van der Waals surface area contributed by atoms with Crippen LogP contribution in [0.4, 0.5) is 0 Å². The van der Waals surface area contributed by atoms with E-state index in [4.69, 9.17) is 0 Å². The Morgan fingerprint density at radius 1 is 0.697 bits per heavy atom. The van der Waals surface area contributed by atoms with E-state index in [-0.39, 0.29) is 5.16 Å². The first-order valence-corrected chi connectivity index (χ1v) is 14.0. The Morgan fingerprint density at radius 2 is 1.24 bits per heavy atom. The first-order chi connectivity index (χ1) is 16.1. The molecule has 0 spiro atoms. The number of para-hydroxylation sites is 1. The van der Waals surface area contributed by atoms with E-state index in [9.17, 15) is 5.11 Å². The van der Waals surface area contributed by atoms with E-state index in [1.807, 2.05) is 12.1 Å². The Labute approximate surface area is 201 Å². The molecule has 1 unspecified atom stereocenters. The van der Waals surface area contributed by atoms with Crippen LogP contribution in [0.3, 0.4) is 0 Å². The van der Waals surface area contributed by atoms with Crippen molar-refractivity contribution in [3.8, 4) is 5.75 Å². The van der Waals surface area contributed by atoms with E-state index >= 15 is 0 Å². The zero-order valence-corrected chi connectivity index (χ0v) is 21.5. The summed E-state index contributed by atoms with van der Waals surface area (Å²) in [6.07, 6.45) is 1.98. The minimum atomic E-state index is -0.678. The predicted molar refractivity (Wildman–Crippen MR) is 148 cm³/mol. The highest BCUT2D eigenvalue weighted by Gasteiger charge is 2.33. The van der Waals surface area contributed by atoms with Gasteiger partial charge in [-0.1, -0.05) is 119 Å². The number of benzene rings is 4. The van der Waals surface area contributed by atoms with Gasteiger partial charge in [0.2, 0.25) is 0 Å². The van der Waals surface area contributed by atoms with Gasteiger partial charge < -0.3 is 5.11 Å². The SMILES string of the molecule is CCC(CC)(Pc1c(C)cccc1P(c1ccccc1)c1ccccc1)c1ccccc1O. The molecule has 0 aliphatic heterocycles. The number of hydrogen-bond acceptors (Lipinski definition) is 1. The van der Waals surface area contributed by atoms with Crippen molar-refractivity contribution in [2.24, 2.45) is 0 Å². The van der Waals surface area contributed by atoms with E-state index in [2.05, 4.69) is 112 Å². The lowest BCUT2D eigenvalue weighted by molar-refractivity contribution is 0.448. The normalized spacial score (nSPS) is 12.0. The summed E-state index contributed by atoms with van der Waals surface area (Å²) in [5, 5.41) is 16.3. The summed E-state index contributed by atoms with van der Waals surface area (Å²) in [6, 6.07) is 36.6. The fourth-order valence-corrected chi connectivity index (χ4v) is 9.18. The lowest BCUT2D eigenvalue weighted by Crippen LogP contribution is -2.33. The van der Waals surface area contributed by atoms with Crippen molar-refractivity contribution in [3.63, 3.8) is 0 Å². The number of aromatic hydroxyl groups is 1. The summed E-state index contributed by atoms with van der Waals surface area (Å²) < 4.78 is 0. The summed E-state index contributed by atoms with van der Waals surface area (Å²) in [5.74, 6) is 0.414. The van der Waals surface area contributed by atoms with Crippen LogP contribution in [0.1, 0.15) is 37.8 Å². The highest BCUT2D eigenvalue weighted by Crippen LogP contribution is 2.50. The van der Waals surface area contributed by atoms with Crippen LogP contribution in [-0.2, 0) is 5.16 Å². The average molecular weight is 471 g/mol. The second-order valence-electron chi connectivity index (χ2n) is 8.41. The monoisotopic (exact) mass is 470 g/mol. The third kappa shape index (κ3) is 4.91. The molecule has 0 amide bonds. The molecule has 168 valence electrons. The molecule has 0 aliphatic carbocycles. The van der Waals surface area contributed by atoms with Crippen LogP contribution in [0, 0.1) is 6.92 Å².